The molecule has 1 aromatic carbocycles. The molecule has 1 aliphatic heterocycles. The number of aromatic nitrogens is 3. The van der Waals surface area contributed by atoms with E-state index in [0.717, 1.165) is 49.0 Å². The number of hydrogen-bond acceptors (Lipinski definition) is 7. The number of carbonyl (C=O) groups is 2. The molecule has 0 bridgehead atoms. The second-order valence-corrected chi connectivity index (χ2v) is 10.2. The number of rotatable bonds is 6. The highest BCUT2D eigenvalue weighted by atomic mass is 32.1. The highest BCUT2D eigenvalue weighted by Gasteiger charge is 2.31. The standard InChI is InChI=1S/C24H28N6O3S/c1-14-5-6-15(2)18(10-14)27-19(31)12-30-13-25-21-20(23(30)33)34-24(28-21)29-9-3-4-16(11-29)22(32)26-17-7-8-17/h5-6,10,13,16-17H,3-4,7-9,11-12H2,1-2H3,(H,26,32)(H,27,31)/t16-/m1/s1. The van der Waals surface area contributed by atoms with Crippen LogP contribution in [-0.2, 0) is 16.1 Å². The fraction of sp³-hybridized carbons (Fsp3) is 0.458. The summed E-state index contributed by atoms with van der Waals surface area (Å²) in [6.07, 6.45) is 5.27. The van der Waals surface area contributed by atoms with Crippen molar-refractivity contribution < 1.29 is 9.59 Å². The lowest BCUT2D eigenvalue weighted by molar-refractivity contribution is -0.125. The second-order valence-electron chi connectivity index (χ2n) is 9.26. The third kappa shape index (κ3) is 4.82. The number of nitrogens with zero attached hydrogens (tertiary/aromatic N) is 4. The molecule has 2 amide bonds. The summed E-state index contributed by atoms with van der Waals surface area (Å²) >= 11 is 1.28. The number of aryl methyl sites for hydroxylation is 2. The SMILES string of the molecule is Cc1ccc(C)c(NC(=O)Cn2cnc3nc(N4CCC[C@@H](C(=O)NC5CC5)C4)sc3c2=O)c1. The van der Waals surface area contributed by atoms with E-state index < -0.39 is 0 Å². The summed E-state index contributed by atoms with van der Waals surface area (Å²) in [5.41, 5.74) is 2.82. The van der Waals surface area contributed by atoms with Crippen molar-refractivity contribution in [3.05, 3.63) is 46.0 Å². The maximum absolute atomic E-state index is 13.1. The Bertz CT molecular complexity index is 1310. The van der Waals surface area contributed by atoms with Crippen molar-refractivity contribution in [1.29, 1.82) is 0 Å². The molecule has 0 spiro atoms. The van der Waals surface area contributed by atoms with Crippen molar-refractivity contribution in [2.75, 3.05) is 23.3 Å². The molecular formula is C24H28N6O3S. The average Bonchev–Trinajstić information content (AvgIpc) is 3.52. The van der Waals surface area contributed by atoms with Gasteiger partial charge in [0.1, 0.15) is 17.6 Å². The van der Waals surface area contributed by atoms with Crippen LogP contribution < -0.4 is 21.1 Å². The molecule has 1 aliphatic carbocycles. The minimum atomic E-state index is -0.290. The van der Waals surface area contributed by atoms with Gasteiger partial charge in [-0.2, -0.15) is 4.98 Å². The first-order valence-corrected chi connectivity index (χ1v) is 12.5. The van der Waals surface area contributed by atoms with E-state index in [1.165, 1.54) is 22.2 Å². The molecule has 10 heteroatoms. The van der Waals surface area contributed by atoms with Gasteiger partial charge in [-0.25, -0.2) is 4.98 Å². The number of carbonyl (C=O) groups excluding carboxylic acids is 2. The molecular weight excluding hydrogens is 452 g/mol. The quantitative estimate of drug-likeness (QED) is 0.561. The van der Waals surface area contributed by atoms with Gasteiger partial charge in [-0.05, 0) is 56.7 Å². The number of hydrogen-bond donors (Lipinski definition) is 2. The predicted molar refractivity (Wildman–Crippen MR) is 132 cm³/mol. The summed E-state index contributed by atoms with van der Waals surface area (Å²) in [6, 6.07) is 6.19. The van der Waals surface area contributed by atoms with Gasteiger partial charge in [0.05, 0.1) is 5.92 Å². The van der Waals surface area contributed by atoms with Gasteiger partial charge in [-0.3, -0.25) is 19.0 Å². The first-order valence-electron chi connectivity index (χ1n) is 11.7. The van der Waals surface area contributed by atoms with Crippen LogP contribution in [0, 0.1) is 19.8 Å². The number of thiazole rings is 1. The van der Waals surface area contributed by atoms with E-state index >= 15 is 0 Å². The van der Waals surface area contributed by atoms with Gasteiger partial charge in [0, 0.05) is 24.8 Å². The van der Waals surface area contributed by atoms with Crippen molar-refractivity contribution in [3.8, 4) is 0 Å². The van der Waals surface area contributed by atoms with Gasteiger partial charge < -0.3 is 15.5 Å². The van der Waals surface area contributed by atoms with Gasteiger partial charge in [-0.1, -0.05) is 23.5 Å². The molecule has 2 fully saturated rings. The minimum absolute atomic E-state index is 0.0697. The third-order valence-corrected chi connectivity index (χ3v) is 7.43. The van der Waals surface area contributed by atoms with Crippen molar-refractivity contribution >= 4 is 44.3 Å². The van der Waals surface area contributed by atoms with Gasteiger partial charge >= 0.3 is 0 Å². The zero-order chi connectivity index (χ0) is 23.8. The van der Waals surface area contributed by atoms with E-state index in [2.05, 4.69) is 25.5 Å². The Balaban J connectivity index is 1.31. The Kier molecular flexibility index (Phi) is 6.07. The Morgan fingerprint density at radius 3 is 2.82 bits per heavy atom. The first-order chi connectivity index (χ1) is 16.4. The maximum atomic E-state index is 13.1. The topological polar surface area (TPSA) is 109 Å². The summed E-state index contributed by atoms with van der Waals surface area (Å²) in [6.45, 7) is 5.14. The van der Waals surface area contributed by atoms with E-state index in [-0.39, 0.29) is 29.8 Å². The van der Waals surface area contributed by atoms with Crippen LogP contribution in [0.5, 0.6) is 0 Å². The monoisotopic (exact) mass is 480 g/mol. The fourth-order valence-corrected chi connectivity index (χ4v) is 5.21. The van der Waals surface area contributed by atoms with Crippen LogP contribution in [0.15, 0.2) is 29.3 Å². The van der Waals surface area contributed by atoms with Crippen LogP contribution in [0.1, 0.15) is 36.8 Å². The van der Waals surface area contributed by atoms with E-state index in [1.807, 2.05) is 32.0 Å². The molecule has 5 rings (SSSR count). The number of piperidine rings is 1. The summed E-state index contributed by atoms with van der Waals surface area (Å²) < 4.78 is 1.73. The Morgan fingerprint density at radius 1 is 1.21 bits per heavy atom. The van der Waals surface area contributed by atoms with Crippen LogP contribution in [0.25, 0.3) is 10.3 Å². The van der Waals surface area contributed by atoms with E-state index in [0.29, 0.717) is 28.1 Å². The molecule has 34 heavy (non-hydrogen) atoms. The van der Waals surface area contributed by atoms with Crippen molar-refractivity contribution in [2.24, 2.45) is 5.92 Å². The van der Waals surface area contributed by atoms with E-state index in [9.17, 15) is 14.4 Å². The second kappa shape index (κ2) is 9.17. The van der Waals surface area contributed by atoms with Gasteiger partial charge in [-0.15, -0.1) is 0 Å². The summed E-state index contributed by atoms with van der Waals surface area (Å²) in [4.78, 5) is 49.1. The van der Waals surface area contributed by atoms with Gasteiger partial charge in [0.25, 0.3) is 5.56 Å². The number of anilines is 2. The number of amides is 2. The Labute approximate surface area is 201 Å². The summed E-state index contributed by atoms with van der Waals surface area (Å²) in [5, 5.41) is 6.67. The highest BCUT2D eigenvalue weighted by molar-refractivity contribution is 7.22. The fourth-order valence-electron chi connectivity index (χ4n) is 4.21. The van der Waals surface area contributed by atoms with Crippen LogP contribution in [0.4, 0.5) is 10.8 Å². The lowest BCUT2D eigenvalue weighted by atomic mass is 9.97. The first kappa shape index (κ1) is 22.5. The molecule has 2 aromatic heterocycles. The van der Waals surface area contributed by atoms with Crippen molar-refractivity contribution in [1.82, 2.24) is 19.9 Å². The van der Waals surface area contributed by atoms with Gasteiger partial charge in [0.2, 0.25) is 11.8 Å². The van der Waals surface area contributed by atoms with Crippen LogP contribution in [0.2, 0.25) is 0 Å². The number of fused-ring (bicyclic) bond motifs is 1. The molecule has 2 aliphatic rings. The normalized spacial score (nSPS) is 18.2. The van der Waals surface area contributed by atoms with E-state index in [1.54, 1.807) is 0 Å². The number of nitrogens with one attached hydrogen (secondary N) is 2. The molecule has 178 valence electrons. The lowest BCUT2D eigenvalue weighted by Crippen LogP contribution is -2.43. The molecule has 1 atom stereocenters. The van der Waals surface area contributed by atoms with Crippen LogP contribution >= 0.6 is 11.3 Å². The van der Waals surface area contributed by atoms with Gasteiger partial charge in [0.15, 0.2) is 10.8 Å². The molecule has 0 unspecified atom stereocenters. The highest BCUT2D eigenvalue weighted by Crippen LogP contribution is 2.30. The molecule has 1 saturated carbocycles. The number of benzene rings is 1. The Morgan fingerprint density at radius 2 is 2.03 bits per heavy atom. The zero-order valence-electron chi connectivity index (χ0n) is 19.3. The van der Waals surface area contributed by atoms with Crippen molar-refractivity contribution in [3.63, 3.8) is 0 Å². The molecule has 2 N–H and O–H groups in total. The molecule has 9 nitrogen and oxygen atoms in total. The van der Waals surface area contributed by atoms with E-state index in [4.69, 9.17) is 0 Å². The summed E-state index contributed by atoms with van der Waals surface area (Å²) in [5.74, 6) is -0.245. The molecule has 1 saturated heterocycles. The Hall–Kier alpha value is -3.27. The molecule has 0 radical (unpaired) electrons. The lowest BCUT2D eigenvalue weighted by Gasteiger charge is -2.31. The predicted octanol–water partition coefficient (Wildman–Crippen LogP) is 2.60. The smallest absolute Gasteiger partial charge is 0.273 e. The largest absolute Gasteiger partial charge is 0.353 e. The molecule has 3 aromatic rings. The maximum Gasteiger partial charge on any atom is 0.273 e. The third-order valence-electron chi connectivity index (χ3n) is 6.34. The molecule has 3 heterocycles. The zero-order valence-corrected chi connectivity index (χ0v) is 20.2. The average molecular weight is 481 g/mol. The van der Waals surface area contributed by atoms with Crippen LogP contribution in [-0.4, -0.2) is 45.5 Å². The minimum Gasteiger partial charge on any atom is -0.353 e. The van der Waals surface area contributed by atoms with Crippen molar-refractivity contribution in [2.45, 2.75) is 52.1 Å². The van der Waals surface area contributed by atoms with Crippen LogP contribution in [0.3, 0.4) is 0 Å². The summed E-state index contributed by atoms with van der Waals surface area (Å²) in [7, 11) is 0.